The summed E-state index contributed by atoms with van der Waals surface area (Å²) in [6.45, 7) is 2.19. The predicted molar refractivity (Wildman–Crippen MR) is 123 cm³/mol. The Morgan fingerprint density at radius 1 is 1.09 bits per heavy atom. The Balaban J connectivity index is 1.56. The second-order valence-corrected chi connectivity index (χ2v) is 9.64. The number of sulfonamides is 1. The fourth-order valence-corrected chi connectivity index (χ4v) is 4.84. The molecule has 1 saturated heterocycles. The lowest BCUT2D eigenvalue weighted by Gasteiger charge is -2.31. The van der Waals surface area contributed by atoms with Crippen LogP contribution in [0, 0.1) is 0 Å². The second-order valence-electron chi connectivity index (χ2n) is 7.70. The van der Waals surface area contributed by atoms with Crippen molar-refractivity contribution in [2.75, 3.05) is 44.3 Å². The molecule has 13 nitrogen and oxygen atoms in total. The monoisotopic (exact) mass is 485 g/mol. The first-order chi connectivity index (χ1) is 16.2. The third kappa shape index (κ3) is 4.59. The topological polar surface area (TPSA) is 193 Å². The molecule has 3 aromatic rings. The molecular formula is C20H23N9O4S. The van der Waals surface area contributed by atoms with E-state index in [1.165, 1.54) is 28.8 Å². The van der Waals surface area contributed by atoms with Crippen LogP contribution in [0.2, 0.25) is 0 Å². The normalized spacial score (nSPS) is 15.2. The van der Waals surface area contributed by atoms with Crippen LogP contribution in [0.15, 0.2) is 41.6 Å². The van der Waals surface area contributed by atoms with Crippen LogP contribution in [0.25, 0.3) is 11.3 Å². The summed E-state index contributed by atoms with van der Waals surface area (Å²) < 4.78 is 27.3. The van der Waals surface area contributed by atoms with E-state index >= 15 is 0 Å². The molecule has 1 fully saturated rings. The third-order valence-corrected chi connectivity index (χ3v) is 7.32. The Labute approximate surface area is 195 Å². The first kappa shape index (κ1) is 23.3. The number of piperazine rings is 1. The number of hydrogen-bond acceptors (Lipinski definition) is 9. The predicted octanol–water partition coefficient (Wildman–Crippen LogP) is -0.264. The summed E-state index contributed by atoms with van der Waals surface area (Å²) in [4.78, 5) is 34.7. The minimum absolute atomic E-state index is 0.00238. The number of H-pyrrole nitrogens is 1. The molecule has 2 amide bonds. The number of nitrogen functional groups attached to an aromatic ring is 1. The molecule has 0 aliphatic carbocycles. The Kier molecular flexibility index (Phi) is 6.28. The number of aromatic amines is 1. The zero-order valence-corrected chi connectivity index (χ0v) is 19.0. The Morgan fingerprint density at radius 2 is 1.76 bits per heavy atom. The SMILES string of the molecule is CN1CCN(S(=O)(=O)c2ccc(-c3cnc(N)c(C(=O)Nc4[nH]ncc4C(N)=O)n3)cc2)CC1. The van der Waals surface area contributed by atoms with Gasteiger partial charge < -0.3 is 21.7 Å². The van der Waals surface area contributed by atoms with Crippen LogP contribution in [-0.2, 0) is 10.0 Å². The van der Waals surface area contributed by atoms with E-state index in [4.69, 9.17) is 11.5 Å². The van der Waals surface area contributed by atoms with Crippen LogP contribution in [0.3, 0.4) is 0 Å². The number of likely N-dealkylation sites (N-methyl/N-ethyl adjacent to an activating group) is 1. The fourth-order valence-electron chi connectivity index (χ4n) is 3.42. The average molecular weight is 486 g/mol. The van der Waals surface area contributed by atoms with Crippen molar-refractivity contribution in [3.63, 3.8) is 0 Å². The number of nitrogens with two attached hydrogens (primary N) is 2. The van der Waals surface area contributed by atoms with E-state index in [2.05, 4.69) is 30.4 Å². The van der Waals surface area contributed by atoms with Gasteiger partial charge in [0.2, 0.25) is 10.0 Å². The molecule has 178 valence electrons. The standard InChI is InChI=1S/C20H23N9O4S/c1-28-6-8-29(9-7-28)34(32,33)13-4-2-12(3-5-13)15-11-23-17(21)16(25-15)20(31)26-19-14(18(22)30)10-24-27-19/h2-5,10-11H,6-9H2,1H3,(H2,21,23)(H2,22,30)(H2,24,26,27,31). The summed E-state index contributed by atoms with van der Waals surface area (Å²) >= 11 is 0. The molecule has 0 spiro atoms. The van der Waals surface area contributed by atoms with E-state index in [1.54, 1.807) is 12.1 Å². The highest BCUT2D eigenvalue weighted by atomic mass is 32.2. The second kappa shape index (κ2) is 9.17. The van der Waals surface area contributed by atoms with Gasteiger partial charge in [0.25, 0.3) is 11.8 Å². The third-order valence-electron chi connectivity index (χ3n) is 5.41. The van der Waals surface area contributed by atoms with Crippen molar-refractivity contribution in [1.82, 2.24) is 29.4 Å². The zero-order chi connectivity index (χ0) is 24.5. The molecule has 0 radical (unpaired) electrons. The molecule has 14 heteroatoms. The van der Waals surface area contributed by atoms with Crippen LogP contribution in [0.1, 0.15) is 20.8 Å². The Bertz CT molecular complexity index is 1330. The Hall–Kier alpha value is -3.88. The lowest BCUT2D eigenvalue weighted by Crippen LogP contribution is -2.46. The van der Waals surface area contributed by atoms with Crippen molar-refractivity contribution >= 4 is 33.5 Å². The first-order valence-electron chi connectivity index (χ1n) is 10.2. The summed E-state index contributed by atoms with van der Waals surface area (Å²) in [5.41, 5.74) is 11.7. The van der Waals surface area contributed by atoms with Crippen LogP contribution < -0.4 is 16.8 Å². The van der Waals surface area contributed by atoms with Gasteiger partial charge in [-0.05, 0) is 19.2 Å². The van der Waals surface area contributed by atoms with Crippen molar-refractivity contribution in [1.29, 1.82) is 0 Å². The smallest absolute Gasteiger partial charge is 0.279 e. The van der Waals surface area contributed by atoms with Gasteiger partial charge in [0.05, 0.1) is 23.0 Å². The molecule has 0 bridgehead atoms. The number of primary amides is 1. The largest absolute Gasteiger partial charge is 0.382 e. The molecule has 0 unspecified atom stereocenters. The summed E-state index contributed by atoms with van der Waals surface area (Å²) in [6.07, 6.45) is 2.56. The molecule has 0 saturated carbocycles. The Morgan fingerprint density at radius 3 is 2.41 bits per heavy atom. The highest BCUT2D eigenvalue weighted by molar-refractivity contribution is 7.89. The van der Waals surface area contributed by atoms with Crippen molar-refractivity contribution in [2.24, 2.45) is 5.73 Å². The van der Waals surface area contributed by atoms with E-state index in [0.29, 0.717) is 37.4 Å². The van der Waals surface area contributed by atoms with Gasteiger partial charge in [0.1, 0.15) is 11.4 Å². The maximum absolute atomic E-state index is 12.9. The van der Waals surface area contributed by atoms with Gasteiger partial charge in [-0.1, -0.05) is 12.1 Å². The minimum atomic E-state index is -3.61. The van der Waals surface area contributed by atoms with Gasteiger partial charge in [0.15, 0.2) is 11.5 Å². The number of benzene rings is 1. The number of aromatic nitrogens is 4. The molecule has 3 heterocycles. The molecule has 1 aliphatic rings. The number of rotatable bonds is 6. The summed E-state index contributed by atoms with van der Waals surface area (Å²) in [6, 6.07) is 6.16. The van der Waals surface area contributed by atoms with E-state index < -0.39 is 21.8 Å². The fraction of sp³-hybridized carbons (Fsp3) is 0.250. The van der Waals surface area contributed by atoms with Crippen molar-refractivity contribution < 1.29 is 18.0 Å². The quantitative estimate of drug-likeness (QED) is 0.364. The molecule has 0 atom stereocenters. The molecule has 6 N–H and O–H groups in total. The molecule has 1 aliphatic heterocycles. The lowest BCUT2D eigenvalue weighted by molar-refractivity contribution is 0.100. The van der Waals surface area contributed by atoms with Gasteiger partial charge >= 0.3 is 0 Å². The maximum Gasteiger partial charge on any atom is 0.279 e. The van der Waals surface area contributed by atoms with Crippen LogP contribution in [0.5, 0.6) is 0 Å². The molecule has 2 aromatic heterocycles. The van der Waals surface area contributed by atoms with E-state index in [0.717, 1.165) is 0 Å². The van der Waals surface area contributed by atoms with Gasteiger partial charge in [-0.15, -0.1) is 0 Å². The van der Waals surface area contributed by atoms with Gasteiger partial charge in [-0.25, -0.2) is 18.4 Å². The number of anilines is 2. The number of nitrogens with zero attached hydrogens (tertiary/aromatic N) is 5. The molecule has 4 rings (SSSR count). The van der Waals surface area contributed by atoms with Gasteiger partial charge in [-0.3, -0.25) is 14.7 Å². The summed E-state index contributed by atoms with van der Waals surface area (Å²) in [7, 11) is -1.66. The lowest BCUT2D eigenvalue weighted by atomic mass is 10.1. The minimum Gasteiger partial charge on any atom is -0.382 e. The summed E-state index contributed by atoms with van der Waals surface area (Å²) in [5.74, 6) is -1.63. The first-order valence-corrected chi connectivity index (χ1v) is 11.7. The maximum atomic E-state index is 12.9. The highest BCUT2D eigenvalue weighted by Crippen LogP contribution is 2.24. The summed E-state index contributed by atoms with van der Waals surface area (Å²) in [5, 5.41) is 8.60. The molecular weight excluding hydrogens is 462 g/mol. The number of carbonyl (C=O) groups excluding carboxylic acids is 2. The van der Waals surface area contributed by atoms with Crippen molar-refractivity contribution in [2.45, 2.75) is 4.90 Å². The van der Waals surface area contributed by atoms with Crippen molar-refractivity contribution in [3.05, 3.63) is 47.9 Å². The van der Waals surface area contributed by atoms with Crippen LogP contribution in [0.4, 0.5) is 11.6 Å². The van der Waals surface area contributed by atoms with E-state index in [1.807, 2.05) is 7.05 Å². The zero-order valence-electron chi connectivity index (χ0n) is 18.2. The number of amides is 2. The van der Waals surface area contributed by atoms with E-state index in [-0.39, 0.29) is 27.8 Å². The highest BCUT2D eigenvalue weighted by Gasteiger charge is 2.27. The number of carbonyl (C=O) groups is 2. The van der Waals surface area contributed by atoms with Crippen LogP contribution >= 0.6 is 0 Å². The molecule has 34 heavy (non-hydrogen) atoms. The van der Waals surface area contributed by atoms with E-state index in [9.17, 15) is 18.0 Å². The number of hydrogen-bond donors (Lipinski definition) is 4. The van der Waals surface area contributed by atoms with Gasteiger partial charge in [0, 0.05) is 31.7 Å². The average Bonchev–Trinajstić information content (AvgIpc) is 3.28. The van der Waals surface area contributed by atoms with Crippen molar-refractivity contribution in [3.8, 4) is 11.3 Å². The van der Waals surface area contributed by atoms with Gasteiger partial charge in [-0.2, -0.15) is 9.40 Å². The van der Waals surface area contributed by atoms with Crippen LogP contribution in [-0.4, -0.2) is 82.8 Å². The molecule has 1 aromatic carbocycles. The number of nitrogens with one attached hydrogen (secondary N) is 2.